The van der Waals surface area contributed by atoms with Crippen LogP contribution in [0.25, 0.3) is 0 Å². The van der Waals surface area contributed by atoms with Crippen LogP contribution in [-0.4, -0.2) is 11.8 Å². The SMILES string of the molecule is NNC(CSc1cccc(F)c1)Cc1cccc(F)c1Br. The second kappa shape index (κ2) is 7.89. The molecule has 0 saturated heterocycles. The monoisotopic (exact) mass is 372 g/mol. The van der Waals surface area contributed by atoms with Gasteiger partial charge in [0, 0.05) is 16.7 Å². The van der Waals surface area contributed by atoms with Gasteiger partial charge in [-0.15, -0.1) is 11.8 Å². The number of nitrogens with two attached hydrogens (primary N) is 1. The molecule has 0 aliphatic heterocycles. The Balaban J connectivity index is 1.99. The van der Waals surface area contributed by atoms with Gasteiger partial charge in [-0.3, -0.25) is 11.3 Å². The molecule has 2 nitrogen and oxygen atoms in total. The Morgan fingerprint density at radius 2 is 1.95 bits per heavy atom. The molecule has 2 aromatic rings. The molecular weight excluding hydrogens is 358 g/mol. The molecule has 0 fully saturated rings. The Morgan fingerprint density at radius 1 is 1.19 bits per heavy atom. The van der Waals surface area contributed by atoms with E-state index in [2.05, 4.69) is 21.4 Å². The first-order valence-electron chi connectivity index (χ1n) is 6.37. The Morgan fingerprint density at radius 3 is 2.67 bits per heavy atom. The molecule has 3 N–H and O–H groups in total. The van der Waals surface area contributed by atoms with Gasteiger partial charge >= 0.3 is 0 Å². The maximum absolute atomic E-state index is 13.5. The summed E-state index contributed by atoms with van der Waals surface area (Å²) in [4.78, 5) is 0.841. The van der Waals surface area contributed by atoms with Gasteiger partial charge in [-0.2, -0.15) is 0 Å². The van der Waals surface area contributed by atoms with Crippen LogP contribution in [0.3, 0.4) is 0 Å². The van der Waals surface area contributed by atoms with Crippen molar-refractivity contribution in [3.05, 3.63) is 64.1 Å². The lowest BCUT2D eigenvalue weighted by atomic mass is 10.1. The van der Waals surface area contributed by atoms with E-state index in [-0.39, 0.29) is 17.7 Å². The molecule has 0 spiro atoms. The van der Waals surface area contributed by atoms with Gasteiger partial charge in [-0.25, -0.2) is 8.78 Å². The highest BCUT2D eigenvalue weighted by Crippen LogP contribution is 2.24. The van der Waals surface area contributed by atoms with Crippen LogP contribution in [0, 0.1) is 11.6 Å². The third kappa shape index (κ3) is 4.78. The summed E-state index contributed by atoms with van der Waals surface area (Å²) in [5.41, 5.74) is 3.57. The Kier molecular flexibility index (Phi) is 6.17. The molecule has 0 bridgehead atoms. The first-order valence-corrected chi connectivity index (χ1v) is 8.15. The molecule has 2 rings (SSSR count). The third-order valence-electron chi connectivity index (χ3n) is 2.98. The molecule has 2 aromatic carbocycles. The quantitative estimate of drug-likeness (QED) is 0.458. The molecule has 0 aromatic heterocycles. The zero-order valence-corrected chi connectivity index (χ0v) is 13.6. The molecule has 21 heavy (non-hydrogen) atoms. The van der Waals surface area contributed by atoms with Crippen LogP contribution >= 0.6 is 27.7 Å². The van der Waals surface area contributed by atoms with E-state index in [1.54, 1.807) is 12.1 Å². The van der Waals surface area contributed by atoms with Gasteiger partial charge in [0.2, 0.25) is 0 Å². The minimum absolute atomic E-state index is 0.0450. The summed E-state index contributed by atoms with van der Waals surface area (Å²) in [7, 11) is 0. The van der Waals surface area contributed by atoms with Crippen molar-refractivity contribution in [1.29, 1.82) is 0 Å². The minimum Gasteiger partial charge on any atom is -0.271 e. The number of halogens is 3. The predicted octanol–water partition coefficient (Wildman–Crippen LogP) is 3.89. The van der Waals surface area contributed by atoms with Crippen LogP contribution in [0.2, 0.25) is 0 Å². The normalized spacial score (nSPS) is 12.4. The minimum atomic E-state index is -0.291. The third-order valence-corrected chi connectivity index (χ3v) is 5.03. The van der Waals surface area contributed by atoms with Gasteiger partial charge in [0.05, 0.1) is 4.47 Å². The van der Waals surface area contributed by atoms with E-state index in [9.17, 15) is 8.78 Å². The van der Waals surface area contributed by atoms with E-state index in [0.717, 1.165) is 10.5 Å². The van der Waals surface area contributed by atoms with E-state index in [0.29, 0.717) is 16.6 Å². The lowest BCUT2D eigenvalue weighted by molar-refractivity contribution is 0.567. The Labute approximate surface area is 135 Å². The number of thioether (sulfide) groups is 1. The largest absolute Gasteiger partial charge is 0.271 e. The van der Waals surface area contributed by atoms with Gasteiger partial charge in [-0.1, -0.05) is 18.2 Å². The van der Waals surface area contributed by atoms with E-state index >= 15 is 0 Å². The average Bonchev–Trinajstić information content (AvgIpc) is 2.48. The average molecular weight is 373 g/mol. The predicted molar refractivity (Wildman–Crippen MR) is 86.0 cm³/mol. The van der Waals surface area contributed by atoms with Crippen LogP contribution < -0.4 is 11.3 Å². The van der Waals surface area contributed by atoms with Gasteiger partial charge in [-0.05, 0) is 52.2 Å². The van der Waals surface area contributed by atoms with E-state index in [1.165, 1.54) is 30.0 Å². The van der Waals surface area contributed by atoms with Crippen LogP contribution in [-0.2, 0) is 6.42 Å². The number of nitrogens with one attached hydrogen (secondary N) is 1. The van der Waals surface area contributed by atoms with Crippen LogP contribution in [0.5, 0.6) is 0 Å². The Hall–Kier alpha value is -0.950. The van der Waals surface area contributed by atoms with Crippen molar-refractivity contribution < 1.29 is 8.78 Å². The van der Waals surface area contributed by atoms with Crippen molar-refractivity contribution in [2.24, 2.45) is 5.84 Å². The fourth-order valence-corrected chi connectivity index (χ4v) is 3.30. The summed E-state index contributed by atoms with van der Waals surface area (Å²) in [5, 5.41) is 0. The van der Waals surface area contributed by atoms with E-state index < -0.39 is 0 Å². The highest BCUT2D eigenvalue weighted by atomic mass is 79.9. The molecule has 0 aliphatic carbocycles. The highest BCUT2D eigenvalue weighted by Gasteiger charge is 2.13. The summed E-state index contributed by atoms with van der Waals surface area (Å²) in [6.45, 7) is 0. The Bertz CT molecular complexity index is 610. The summed E-state index contributed by atoms with van der Waals surface area (Å²) >= 11 is 4.75. The summed E-state index contributed by atoms with van der Waals surface area (Å²) in [5.74, 6) is 5.66. The fourth-order valence-electron chi connectivity index (χ4n) is 1.89. The molecule has 0 saturated carbocycles. The molecule has 0 amide bonds. The first kappa shape index (κ1) is 16.4. The van der Waals surface area contributed by atoms with Crippen molar-refractivity contribution in [3.8, 4) is 0 Å². The van der Waals surface area contributed by atoms with E-state index in [1.807, 2.05) is 12.1 Å². The van der Waals surface area contributed by atoms with Gasteiger partial charge in [0.25, 0.3) is 0 Å². The van der Waals surface area contributed by atoms with Gasteiger partial charge < -0.3 is 0 Å². The first-order chi connectivity index (χ1) is 10.1. The fraction of sp³-hybridized carbons (Fsp3) is 0.200. The lowest BCUT2D eigenvalue weighted by Gasteiger charge is -2.16. The van der Waals surface area contributed by atoms with E-state index in [4.69, 9.17) is 5.84 Å². The molecule has 0 heterocycles. The molecule has 6 heteroatoms. The maximum atomic E-state index is 13.5. The number of rotatable bonds is 6. The second-order valence-corrected chi connectivity index (χ2v) is 6.44. The van der Waals surface area contributed by atoms with Crippen molar-refractivity contribution in [1.82, 2.24) is 5.43 Å². The van der Waals surface area contributed by atoms with Crippen molar-refractivity contribution in [3.63, 3.8) is 0 Å². The maximum Gasteiger partial charge on any atom is 0.137 e. The molecule has 0 radical (unpaired) electrons. The zero-order chi connectivity index (χ0) is 15.2. The van der Waals surface area contributed by atoms with Gasteiger partial charge in [0.15, 0.2) is 0 Å². The molecule has 0 aliphatic rings. The highest BCUT2D eigenvalue weighted by molar-refractivity contribution is 9.10. The number of hydrogen-bond donors (Lipinski definition) is 2. The van der Waals surface area contributed by atoms with Crippen molar-refractivity contribution in [2.75, 3.05) is 5.75 Å². The van der Waals surface area contributed by atoms with Crippen LogP contribution in [0.4, 0.5) is 8.78 Å². The summed E-state index contributed by atoms with van der Waals surface area (Å²) < 4.78 is 27.1. The number of hydrogen-bond acceptors (Lipinski definition) is 3. The topological polar surface area (TPSA) is 38.0 Å². The lowest BCUT2D eigenvalue weighted by Crippen LogP contribution is -2.38. The smallest absolute Gasteiger partial charge is 0.137 e. The molecule has 1 atom stereocenters. The van der Waals surface area contributed by atoms with Crippen LogP contribution in [0.15, 0.2) is 51.8 Å². The summed E-state index contributed by atoms with van der Waals surface area (Å²) in [6, 6.07) is 11.3. The van der Waals surface area contributed by atoms with Gasteiger partial charge in [0.1, 0.15) is 11.6 Å². The van der Waals surface area contributed by atoms with Crippen LogP contribution in [0.1, 0.15) is 5.56 Å². The molecule has 1 unspecified atom stereocenters. The second-order valence-electron chi connectivity index (χ2n) is 4.55. The number of benzene rings is 2. The number of hydrazine groups is 1. The summed E-state index contributed by atoms with van der Waals surface area (Å²) in [6.07, 6.45) is 0.581. The molecular formula is C15H15BrF2N2S. The van der Waals surface area contributed by atoms with Crippen molar-refractivity contribution >= 4 is 27.7 Å². The standard InChI is InChI=1S/C15H15BrF2N2S/c16-15-10(3-1-6-14(15)18)7-12(20-19)9-21-13-5-2-4-11(17)8-13/h1-6,8,12,20H,7,9,19H2. The van der Waals surface area contributed by atoms with Crippen molar-refractivity contribution in [2.45, 2.75) is 17.4 Å². The molecule has 112 valence electrons. The zero-order valence-electron chi connectivity index (χ0n) is 11.2.